The second-order valence-corrected chi connectivity index (χ2v) is 9.45. The first kappa shape index (κ1) is 28.1. The van der Waals surface area contributed by atoms with Crippen LogP contribution in [0.5, 0.6) is 0 Å². The highest BCUT2D eigenvalue weighted by atomic mass is 16.2. The Kier molecular flexibility index (Phi) is 12.4. The molecule has 0 aromatic heterocycles. The summed E-state index contributed by atoms with van der Waals surface area (Å²) in [4.78, 5) is 40.9. The van der Waals surface area contributed by atoms with E-state index in [4.69, 9.17) is 0 Å². The number of carbonyl (C=O) groups excluding carboxylic acids is 3. The summed E-state index contributed by atoms with van der Waals surface area (Å²) in [5, 5.41) is 6.53. The number of nitrogens with one attached hydrogen (secondary N) is 2. The molecule has 2 N–H and O–H groups in total. The molecule has 1 aliphatic rings. The van der Waals surface area contributed by atoms with Gasteiger partial charge in [-0.25, -0.2) is 0 Å². The Morgan fingerprint density at radius 2 is 1.46 bits per heavy atom. The van der Waals surface area contributed by atoms with Crippen LogP contribution >= 0.6 is 0 Å². The number of nitrogens with zero attached hydrogens (tertiary/aromatic N) is 2. The van der Waals surface area contributed by atoms with Crippen LogP contribution in [0.4, 0.5) is 0 Å². The Balaban J connectivity index is 1.62. The summed E-state index contributed by atoms with van der Waals surface area (Å²) in [6.07, 6.45) is 8.98. The van der Waals surface area contributed by atoms with Crippen LogP contribution in [0, 0.1) is 0 Å². The molecule has 2 aromatic rings. The zero-order valence-electron chi connectivity index (χ0n) is 21.7. The summed E-state index contributed by atoms with van der Waals surface area (Å²) in [6, 6.07) is 19.7. The average molecular weight is 505 g/mol. The highest BCUT2D eigenvalue weighted by Crippen LogP contribution is 2.16. The van der Waals surface area contributed by atoms with Crippen LogP contribution in [0.15, 0.2) is 66.7 Å². The lowest BCUT2D eigenvalue weighted by Gasteiger charge is -2.23. The van der Waals surface area contributed by atoms with Crippen molar-refractivity contribution in [3.05, 3.63) is 77.9 Å². The van der Waals surface area contributed by atoms with E-state index in [0.717, 1.165) is 56.3 Å². The normalized spacial score (nSPS) is 19.6. The summed E-state index contributed by atoms with van der Waals surface area (Å²) < 4.78 is 0. The van der Waals surface area contributed by atoms with Gasteiger partial charge in [0.2, 0.25) is 18.2 Å². The molecule has 3 amide bonds. The SMILES string of the molecule is O=CN1CCCCCN(C(=O)/C=C/c2ccccc2)CCCNC(=O)CC(c2ccccc2)NCCC1. The fourth-order valence-corrected chi connectivity index (χ4v) is 4.49. The van der Waals surface area contributed by atoms with Gasteiger partial charge in [0.05, 0.1) is 0 Å². The zero-order valence-corrected chi connectivity index (χ0v) is 21.7. The molecule has 7 heteroatoms. The summed E-state index contributed by atoms with van der Waals surface area (Å²) in [5.41, 5.74) is 2.06. The molecule has 0 spiro atoms. The molecule has 198 valence electrons. The van der Waals surface area contributed by atoms with Gasteiger partial charge < -0.3 is 20.4 Å². The van der Waals surface area contributed by atoms with E-state index in [2.05, 4.69) is 10.6 Å². The molecule has 0 aliphatic carbocycles. The minimum absolute atomic E-state index is 0.0150. The number of amides is 3. The van der Waals surface area contributed by atoms with E-state index in [9.17, 15) is 14.4 Å². The first-order valence-corrected chi connectivity index (χ1v) is 13.4. The van der Waals surface area contributed by atoms with Crippen molar-refractivity contribution in [1.82, 2.24) is 20.4 Å². The van der Waals surface area contributed by atoms with Crippen LogP contribution in [0.3, 0.4) is 0 Å². The average Bonchev–Trinajstić information content (AvgIpc) is 2.93. The minimum Gasteiger partial charge on any atom is -0.356 e. The molecule has 1 atom stereocenters. The number of hydrogen-bond donors (Lipinski definition) is 2. The van der Waals surface area contributed by atoms with Crippen molar-refractivity contribution in [2.24, 2.45) is 0 Å². The quantitative estimate of drug-likeness (QED) is 0.490. The third-order valence-corrected chi connectivity index (χ3v) is 6.58. The van der Waals surface area contributed by atoms with Gasteiger partial charge in [-0.3, -0.25) is 14.4 Å². The summed E-state index contributed by atoms with van der Waals surface area (Å²) in [6.45, 7) is 3.90. The summed E-state index contributed by atoms with van der Waals surface area (Å²) in [5.74, 6) is -0.0359. The molecule has 1 aliphatic heterocycles. The number of carbonyl (C=O) groups is 3. The monoisotopic (exact) mass is 504 g/mol. The van der Waals surface area contributed by atoms with Gasteiger partial charge in [-0.15, -0.1) is 0 Å². The Morgan fingerprint density at radius 3 is 2.22 bits per heavy atom. The summed E-state index contributed by atoms with van der Waals surface area (Å²) >= 11 is 0. The van der Waals surface area contributed by atoms with Crippen LogP contribution in [0.25, 0.3) is 6.08 Å². The van der Waals surface area contributed by atoms with E-state index < -0.39 is 0 Å². The Labute approximate surface area is 220 Å². The molecule has 3 rings (SSSR count). The van der Waals surface area contributed by atoms with Crippen molar-refractivity contribution in [2.45, 2.75) is 44.6 Å². The van der Waals surface area contributed by atoms with Crippen LogP contribution in [-0.4, -0.2) is 67.3 Å². The first-order chi connectivity index (χ1) is 18.2. The minimum atomic E-state index is -0.0917. The lowest BCUT2D eigenvalue weighted by Crippen LogP contribution is -2.36. The van der Waals surface area contributed by atoms with Gasteiger partial charge in [-0.05, 0) is 55.9 Å². The molecule has 2 aromatic carbocycles. The second-order valence-electron chi connectivity index (χ2n) is 9.45. The zero-order chi connectivity index (χ0) is 26.1. The summed E-state index contributed by atoms with van der Waals surface area (Å²) in [7, 11) is 0. The third kappa shape index (κ3) is 10.6. The highest BCUT2D eigenvalue weighted by molar-refractivity contribution is 5.91. The molecule has 1 fully saturated rings. The lowest BCUT2D eigenvalue weighted by molar-refractivity contribution is -0.126. The van der Waals surface area contributed by atoms with Gasteiger partial charge in [-0.1, -0.05) is 60.7 Å². The smallest absolute Gasteiger partial charge is 0.246 e. The van der Waals surface area contributed by atoms with Gasteiger partial charge in [0.15, 0.2) is 0 Å². The predicted octanol–water partition coefficient (Wildman–Crippen LogP) is 3.79. The third-order valence-electron chi connectivity index (χ3n) is 6.58. The van der Waals surface area contributed by atoms with Crippen LogP contribution in [-0.2, 0) is 14.4 Å². The van der Waals surface area contributed by atoms with Crippen molar-refractivity contribution in [2.75, 3.05) is 39.3 Å². The van der Waals surface area contributed by atoms with Crippen molar-refractivity contribution in [3.63, 3.8) is 0 Å². The topological polar surface area (TPSA) is 81.8 Å². The van der Waals surface area contributed by atoms with E-state index >= 15 is 0 Å². The van der Waals surface area contributed by atoms with Gasteiger partial charge in [0.1, 0.15) is 0 Å². The molecular formula is C30H40N4O3. The number of benzene rings is 2. The van der Waals surface area contributed by atoms with Crippen molar-refractivity contribution in [1.29, 1.82) is 0 Å². The van der Waals surface area contributed by atoms with E-state index in [1.165, 1.54) is 0 Å². The van der Waals surface area contributed by atoms with E-state index in [1.54, 1.807) is 6.08 Å². The Morgan fingerprint density at radius 1 is 0.811 bits per heavy atom. The van der Waals surface area contributed by atoms with E-state index in [-0.39, 0.29) is 17.9 Å². The second kappa shape index (κ2) is 16.3. The highest BCUT2D eigenvalue weighted by Gasteiger charge is 2.16. The van der Waals surface area contributed by atoms with E-state index in [0.29, 0.717) is 39.0 Å². The maximum Gasteiger partial charge on any atom is 0.246 e. The molecule has 0 saturated carbocycles. The molecule has 1 heterocycles. The Bertz CT molecular complexity index is 981. The predicted molar refractivity (Wildman–Crippen MR) is 148 cm³/mol. The number of rotatable bonds is 4. The molecular weight excluding hydrogens is 464 g/mol. The van der Waals surface area contributed by atoms with Crippen LogP contribution < -0.4 is 10.6 Å². The molecule has 37 heavy (non-hydrogen) atoms. The van der Waals surface area contributed by atoms with Gasteiger partial charge >= 0.3 is 0 Å². The van der Waals surface area contributed by atoms with Gasteiger partial charge in [0, 0.05) is 51.3 Å². The van der Waals surface area contributed by atoms with Gasteiger partial charge in [-0.2, -0.15) is 0 Å². The first-order valence-electron chi connectivity index (χ1n) is 13.4. The van der Waals surface area contributed by atoms with Crippen LogP contribution in [0.1, 0.15) is 55.7 Å². The van der Waals surface area contributed by atoms with Gasteiger partial charge in [0.25, 0.3) is 0 Å². The Hall–Kier alpha value is -3.45. The lowest BCUT2D eigenvalue weighted by atomic mass is 10.0. The fourth-order valence-electron chi connectivity index (χ4n) is 4.49. The standard InChI is InChI=1S/C30H40N4O3/c35-25-33-20-8-3-9-22-34(30(37)17-16-26-12-4-1-5-13-26)23-11-19-32-29(36)24-28(31-18-10-21-33)27-14-6-2-7-15-27/h1-2,4-7,12-17,25,28,31H,3,8-11,18-24H2,(H,32,36)/b17-16+. The molecule has 0 radical (unpaired) electrons. The van der Waals surface area contributed by atoms with E-state index in [1.807, 2.05) is 76.5 Å². The molecule has 7 nitrogen and oxygen atoms in total. The fraction of sp³-hybridized carbons (Fsp3) is 0.433. The van der Waals surface area contributed by atoms with Crippen molar-refractivity contribution < 1.29 is 14.4 Å². The molecule has 0 bridgehead atoms. The van der Waals surface area contributed by atoms with Crippen molar-refractivity contribution >= 4 is 24.3 Å². The number of hydrogen-bond acceptors (Lipinski definition) is 4. The maximum absolute atomic E-state index is 12.9. The molecule has 1 saturated heterocycles. The largest absolute Gasteiger partial charge is 0.356 e. The van der Waals surface area contributed by atoms with Crippen LogP contribution in [0.2, 0.25) is 0 Å². The molecule has 1 unspecified atom stereocenters. The maximum atomic E-state index is 12.9. The van der Waals surface area contributed by atoms with Crippen molar-refractivity contribution in [3.8, 4) is 0 Å².